The predicted octanol–water partition coefficient (Wildman–Crippen LogP) is 6.24. The molecule has 154 valence electrons. The summed E-state index contributed by atoms with van der Waals surface area (Å²) in [6.45, 7) is 0.797. The van der Waals surface area contributed by atoms with Gasteiger partial charge < -0.3 is 9.47 Å². The Balaban J connectivity index is 1.42. The molecule has 5 heteroatoms. The van der Waals surface area contributed by atoms with E-state index in [9.17, 15) is 13.6 Å². The molecular formula is C23H30F2O3. The van der Waals surface area contributed by atoms with Gasteiger partial charge in [-0.3, -0.25) is 4.79 Å². The van der Waals surface area contributed by atoms with E-state index < -0.39 is 6.61 Å². The second-order valence-corrected chi connectivity index (χ2v) is 8.08. The van der Waals surface area contributed by atoms with Crippen LogP contribution in [0.2, 0.25) is 0 Å². The summed E-state index contributed by atoms with van der Waals surface area (Å²) < 4.78 is 34.5. The van der Waals surface area contributed by atoms with Crippen molar-refractivity contribution in [3.63, 3.8) is 0 Å². The molecule has 0 aromatic heterocycles. The average Bonchev–Trinajstić information content (AvgIpc) is 2.69. The summed E-state index contributed by atoms with van der Waals surface area (Å²) in [6, 6.07) is 7.13. The maximum Gasteiger partial charge on any atom is 0.387 e. The molecule has 0 amide bonds. The van der Waals surface area contributed by atoms with Gasteiger partial charge in [0.2, 0.25) is 0 Å². The van der Waals surface area contributed by atoms with Crippen LogP contribution in [0.15, 0.2) is 36.9 Å². The van der Waals surface area contributed by atoms with Crippen molar-refractivity contribution < 1.29 is 23.0 Å². The summed E-state index contributed by atoms with van der Waals surface area (Å²) in [5.74, 6) is 2.05. The van der Waals surface area contributed by atoms with E-state index in [4.69, 9.17) is 4.74 Å². The summed E-state index contributed by atoms with van der Waals surface area (Å²) in [6.07, 6.45) is 10.9. The van der Waals surface area contributed by atoms with Gasteiger partial charge in [0.05, 0.1) is 6.42 Å². The Morgan fingerprint density at radius 1 is 1.00 bits per heavy atom. The molecule has 1 aromatic carbocycles. The van der Waals surface area contributed by atoms with Crippen LogP contribution in [-0.4, -0.2) is 18.7 Å². The third kappa shape index (κ3) is 5.79. The van der Waals surface area contributed by atoms with E-state index in [0.29, 0.717) is 12.3 Å². The Kier molecular flexibility index (Phi) is 7.46. The van der Waals surface area contributed by atoms with Crippen LogP contribution >= 0.6 is 0 Å². The van der Waals surface area contributed by atoms with Gasteiger partial charge in [-0.25, -0.2) is 0 Å². The molecule has 2 fully saturated rings. The van der Waals surface area contributed by atoms with Crippen LogP contribution < -0.4 is 4.74 Å². The van der Waals surface area contributed by atoms with Crippen LogP contribution in [-0.2, 0) is 9.53 Å². The number of benzene rings is 1. The fourth-order valence-electron chi connectivity index (χ4n) is 4.88. The largest absolute Gasteiger partial charge is 0.462 e. The van der Waals surface area contributed by atoms with E-state index in [-0.39, 0.29) is 17.8 Å². The Morgan fingerprint density at radius 3 is 2.11 bits per heavy atom. The van der Waals surface area contributed by atoms with Crippen LogP contribution in [0.4, 0.5) is 8.78 Å². The molecule has 2 aliphatic rings. The van der Waals surface area contributed by atoms with E-state index >= 15 is 0 Å². The first-order valence-corrected chi connectivity index (χ1v) is 10.4. The highest BCUT2D eigenvalue weighted by Crippen LogP contribution is 2.43. The molecule has 0 N–H and O–H groups in total. The molecular weight excluding hydrogens is 362 g/mol. The lowest BCUT2D eigenvalue weighted by atomic mass is 9.69. The summed E-state index contributed by atoms with van der Waals surface area (Å²) in [5, 5.41) is 0. The maximum atomic E-state index is 12.3. The maximum absolute atomic E-state index is 12.3. The van der Waals surface area contributed by atoms with E-state index in [0.717, 1.165) is 50.4 Å². The normalized spacial score (nSPS) is 28.0. The third-order valence-electron chi connectivity index (χ3n) is 6.34. The van der Waals surface area contributed by atoms with Gasteiger partial charge in [0.1, 0.15) is 11.9 Å². The van der Waals surface area contributed by atoms with Gasteiger partial charge in [0.25, 0.3) is 0 Å². The van der Waals surface area contributed by atoms with Crippen LogP contribution in [0.3, 0.4) is 0 Å². The van der Waals surface area contributed by atoms with Gasteiger partial charge in [0.15, 0.2) is 0 Å². The van der Waals surface area contributed by atoms with Crippen molar-refractivity contribution in [1.82, 2.24) is 0 Å². The Hall–Kier alpha value is -1.91. The second-order valence-electron chi connectivity index (χ2n) is 8.08. The number of carbonyl (C=O) groups is 1. The molecule has 3 rings (SSSR count). The van der Waals surface area contributed by atoms with Gasteiger partial charge in [-0.2, -0.15) is 8.78 Å². The van der Waals surface area contributed by atoms with Gasteiger partial charge in [-0.15, -0.1) is 6.58 Å². The second kappa shape index (κ2) is 10.0. The van der Waals surface area contributed by atoms with Crippen LogP contribution in [0.5, 0.6) is 5.75 Å². The lowest BCUT2D eigenvalue weighted by molar-refractivity contribution is -0.150. The molecule has 3 nitrogen and oxygen atoms in total. The number of rotatable bonds is 7. The Bertz CT molecular complexity index is 628. The van der Waals surface area contributed by atoms with Gasteiger partial charge >= 0.3 is 12.6 Å². The molecule has 28 heavy (non-hydrogen) atoms. The molecule has 0 heterocycles. The zero-order valence-corrected chi connectivity index (χ0v) is 16.3. The van der Waals surface area contributed by atoms with E-state index in [1.165, 1.54) is 18.4 Å². The minimum atomic E-state index is -2.78. The van der Waals surface area contributed by atoms with Gasteiger partial charge in [-0.05, 0) is 86.8 Å². The molecule has 0 radical (unpaired) electrons. The van der Waals surface area contributed by atoms with Crippen molar-refractivity contribution in [2.45, 2.75) is 76.4 Å². The molecule has 0 saturated heterocycles. The van der Waals surface area contributed by atoms with Crippen LogP contribution in [0.25, 0.3) is 0 Å². The third-order valence-corrected chi connectivity index (χ3v) is 6.34. The molecule has 0 atom stereocenters. The molecule has 2 saturated carbocycles. The highest BCUT2D eigenvalue weighted by Gasteiger charge is 2.32. The number of alkyl halides is 2. The number of halogens is 2. The summed E-state index contributed by atoms with van der Waals surface area (Å²) in [7, 11) is 0. The smallest absolute Gasteiger partial charge is 0.387 e. The SMILES string of the molecule is C=CCC(=O)O[C@H]1CC[C@H]([C@H]2CC[C@H](c3ccc(OC(F)F)cc3)CC2)CC1. The number of hydrogen-bond donors (Lipinski definition) is 0. The minimum absolute atomic E-state index is 0.0778. The first-order valence-electron chi connectivity index (χ1n) is 10.4. The number of hydrogen-bond acceptors (Lipinski definition) is 3. The molecule has 0 bridgehead atoms. The van der Waals surface area contributed by atoms with Gasteiger partial charge in [0, 0.05) is 0 Å². The van der Waals surface area contributed by atoms with E-state index in [2.05, 4.69) is 11.3 Å². The summed E-state index contributed by atoms with van der Waals surface area (Å²) >= 11 is 0. The van der Waals surface area contributed by atoms with Crippen molar-refractivity contribution in [1.29, 1.82) is 0 Å². The fraction of sp³-hybridized carbons (Fsp3) is 0.609. The quantitative estimate of drug-likeness (QED) is 0.407. The first kappa shape index (κ1) is 20.8. The monoisotopic (exact) mass is 392 g/mol. The zero-order valence-electron chi connectivity index (χ0n) is 16.3. The number of esters is 1. The van der Waals surface area contributed by atoms with Crippen molar-refractivity contribution in [3.8, 4) is 5.75 Å². The lowest BCUT2D eigenvalue weighted by Gasteiger charge is -2.37. The standard InChI is InChI=1S/C23H30F2O3/c1-2-3-22(26)27-20-12-8-18(9-13-20)16-4-6-17(7-5-16)19-10-14-21(15-11-19)28-23(24)25/h2,10-11,14-18,20,23H,1,3-9,12-13H2/t16-,17-,18-,20-. The van der Waals surface area contributed by atoms with Crippen molar-refractivity contribution in [3.05, 3.63) is 42.5 Å². The first-order chi connectivity index (χ1) is 13.5. The highest BCUT2D eigenvalue weighted by atomic mass is 19.3. The number of carbonyl (C=O) groups excluding carboxylic acids is 1. The number of ether oxygens (including phenoxy) is 2. The predicted molar refractivity (Wildman–Crippen MR) is 104 cm³/mol. The van der Waals surface area contributed by atoms with E-state index in [1.807, 2.05) is 12.1 Å². The molecule has 1 aromatic rings. The van der Waals surface area contributed by atoms with Crippen molar-refractivity contribution in [2.24, 2.45) is 11.8 Å². The highest BCUT2D eigenvalue weighted by molar-refractivity contribution is 5.71. The molecule has 0 spiro atoms. The average molecular weight is 392 g/mol. The Labute approximate surface area is 166 Å². The fourth-order valence-corrected chi connectivity index (χ4v) is 4.88. The van der Waals surface area contributed by atoms with Crippen molar-refractivity contribution >= 4 is 5.97 Å². The zero-order chi connectivity index (χ0) is 19.9. The lowest BCUT2D eigenvalue weighted by Crippen LogP contribution is -2.29. The topological polar surface area (TPSA) is 35.5 Å². The van der Waals surface area contributed by atoms with Crippen LogP contribution in [0, 0.1) is 11.8 Å². The van der Waals surface area contributed by atoms with Crippen molar-refractivity contribution in [2.75, 3.05) is 0 Å². The van der Waals surface area contributed by atoms with Gasteiger partial charge in [-0.1, -0.05) is 18.2 Å². The minimum Gasteiger partial charge on any atom is -0.462 e. The van der Waals surface area contributed by atoms with E-state index in [1.54, 1.807) is 18.2 Å². The molecule has 0 aliphatic heterocycles. The molecule has 0 unspecified atom stereocenters. The van der Waals surface area contributed by atoms with Crippen LogP contribution in [0.1, 0.15) is 69.3 Å². The summed E-state index contributed by atoms with van der Waals surface area (Å²) in [5.41, 5.74) is 1.22. The Morgan fingerprint density at radius 2 is 1.57 bits per heavy atom. The summed E-state index contributed by atoms with van der Waals surface area (Å²) in [4.78, 5) is 11.6. The molecule has 2 aliphatic carbocycles.